The number of anilines is 1. The normalized spacial score (nSPS) is 10.5. The molecule has 0 unspecified atom stereocenters. The Bertz CT molecular complexity index is 523. The predicted molar refractivity (Wildman–Crippen MR) is 65.0 cm³/mol. The molecule has 0 saturated heterocycles. The van der Waals surface area contributed by atoms with Gasteiger partial charge in [-0.15, -0.1) is 22.9 Å². The molecule has 1 amide bonds. The average molecular weight is 272 g/mol. The van der Waals surface area contributed by atoms with Crippen LogP contribution in [-0.4, -0.2) is 25.7 Å². The molecule has 90 valence electrons. The fourth-order valence-electron chi connectivity index (χ4n) is 1.21. The molecule has 0 spiro atoms. The highest BCUT2D eigenvalue weighted by molar-refractivity contribution is 7.09. The summed E-state index contributed by atoms with van der Waals surface area (Å²) in [5.74, 6) is 0.613. The van der Waals surface area contributed by atoms with Gasteiger partial charge in [0.1, 0.15) is 11.3 Å². The number of nitrogens with zero attached hydrogens (tertiary/aromatic N) is 4. The fourth-order valence-corrected chi connectivity index (χ4v) is 2.23. The van der Waals surface area contributed by atoms with E-state index in [1.165, 1.54) is 22.3 Å². The molecule has 6 nitrogen and oxygen atoms in total. The van der Waals surface area contributed by atoms with Crippen LogP contribution in [-0.2, 0) is 24.1 Å². The van der Waals surface area contributed by atoms with Gasteiger partial charge in [0, 0.05) is 12.4 Å². The first-order chi connectivity index (χ1) is 8.19. The average Bonchev–Trinajstić information content (AvgIpc) is 2.89. The molecule has 0 radical (unpaired) electrons. The van der Waals surface area contributed by atoms with Gasteiger partial charge >= 0.3 is 0 Å². The number of carbonyl (C=O) groups is 1. The molecule has 2 aromatic heterocycles. The summed E-state index contributed by atoms with van der Waals surface area (Å²) in [5, 5.41) is 9.09. The second-order valence-corrected chi connectivity index (χ2v) is 4.51. The first kappa shape index (κ1) is 12.0. The standard InChI is InChI=1S/C9H10ClN5OS/c1-15-9(11-5-12-15)14-7(16)2-8-13-6(3-10)4-17-8/h4-5H,2-3H2,1H3,(H,11,12,14,16). The second-order valence-electron chi connectivity index (χ2n) is 3.30. The van der Waals surface area contributed by atoms with Gasteiger partial charge in [0.25, 0.3) is 0 Å². The Kier molecular flexibility index (Phi) is 3.70. The van der Waals surface area contributed by atoms with Crippen molar-refractivity contribution in [2.24, 2.45) is 7.05 Å². The number of hydrogen-bond donors (Lipinski definition) is 1. The third kappa shape index (κ3) is 3.01. The van der Waals surface area contributed by atoms with Crippen molar-refractivity contribution >= 4 is 34.8 Å². The van der Waals surface area contributed by atoms with Gasteiger partial charge in [0.15, 0.2) is 0 Å². The highest BCUT2D eigenvalue weighted by atomic mass is 35.5. The molecule has 8 heteroatoms. The minimum Gasteiger partial charge on any atom is -0.294 e. The van der Waals surface area contributed by atoms with E-state index in [1.807, 2.05) is 5.38 Å². The third-order valence-corrected chi connectivity index (χ3v) is 3.18. The van der Waals surface area contributed by atoms with Crippen LogP contribution in [0.5, 0.6) is 0 Å². The largest absolute Gasteiger partial charge is 0.294 e. The van der Waals surface area contributed by atoms with Crippen LogP contribution in [0.25, 0.3) is 0 Å². The number of aromatic nitrogens is 4. The monoisotopic (exact) mass is 271 g/mol. The van der Waals surface area contributed by atoms with Crippen LogP contribution in [0, 0.1) is 0 Å². The summed E-state index contributed by atoms with van der Waals surface area (Å²) in [5.41, 5.74) is 0.790. The van der Waals surface area contributed by atoms with Crippen molar-refractivity contribution < 1.29 is 4.79 Å². The van der Waals surface area contributed by atoms with E-state index in [-0.39, 0.29) is 12.3 Å². The van der Waals surface area contributed by atoms with E-state index in [0.29, 0.717) is 11.8 Å². The highest BCUT2D eigenvalue weighted by Gasteiger charge is 2.10. The van der Waals surface area contributed by atoms with Crippen molar-refractivity contribution in [3.05, 3.63) is 22.4 Å². The maximum absolute atomic E-state index is 11.7. The molecule has 0 aliphatic rings. The molecule has 0 aliphatic carbocycles. The molecule has 17 heavy (non-hydrogen) atoms. The van der Waals surface area contributed by atoms with Gasteiger partial charge in [0.2, 0.25) is 11.9 Å². The van der Waals surface area contributed by atoms with Gasteiger partial charge in [0.05, 0.1) is 18.0 Å². The van der Waals surface area contributed by atoms with Gasteiger partial charge in [-0.05, 0) is 0 Å². The molecule has 0 aromatic carbocycles. The molecular formula is C9H10ClN5OS. The molecule has 0 bridgehead atoms. The number of thiazole rings is 1. The molecule has 2 rings (SSSR count). The quantitative estimate of drug-likeness (QED) is 0.848. The van der Waals surface area contributed by atoms with Gasteiger partial charge in [-0.3, -0.25) is 10.1 Å². The van der Waals surface area contributed by atoms with Crippen molar-refractivity contribution in [1.29, 1.82) is 0 Å². The molecule has 1 N–H and O–H groups in total. The summed E-state index contributed by atoms with van der Waals surface area (Å²) >= 11 is 7.05. The minimum atomic E-state index is -0.170. The minimum absolute atomic E-state index is 0.170. The van der Waals surface area contributed by atoms with Crippen LogP contribution in [0.2, 0.25) is 0 Å². The molecule has 0 atom stereocenters. The molecule has 0 fully saturated rings. The molecule has 0 aliphatic heterocycles. The van der Waals surface area contributed by atoms with Crippen molar-refractivity contribution in [3.8, 4) is 0 Å². The van der Waals surface area contributed by atoms with E-state index in [0.717, 1.165) is 10.7 Å². The van der Waals surface area contributed by atoms with E-state index < -0.39 is 0 Å². The van der Waals surface area contributed by atoms with E-state index in [1.54, 1.807) is 7.05 Å². The van der Waals surface area contributed by atoms with Gasteiger partial charge in [-0.2, -0.15) is 10.1 Å². The number of alkyl halides is 1. The zero-order valence-electron chi connectivity index (χ0n) is 9.05. The summed E-state index contributed by atoms with van der Waals surface area (Å²) in [6.07, 6.45) is 1.60. The molecule has 0 saturated carbocycles. The van der Waals surface area contributed by atoms with E-state index in [4.69, 9.17) is 11.6 Å². The Balaban J connectivity index is 1.95. The molecule has 2 heterocycles. The van der Waals surface area contributed by atoms with Crippen molar-refractivity contribution in [3.63, 3.8) is 0 Å². The fraction of sp³-hybridized carbons (Fsp3) is 0.333. The van der Waals surface area contributed by atoms with Crippen LogP contribution in [0.1, 0.15) is 10.7 Å². The van der Waals surface area contributed by atoms with Crippen molar-refractivity contribution in [1.82, 2.24) is 19.7 Å². The maximum atomic E-state index is 11.7. The van der Waals surface area contributed by atoms with Crippen molar-refractivity contribution in [2.75, 3.05) is 5.32 Å². The van der Waals surface area contributed by atoms with Crippen LogP contribution >= 0.6 is 22.9 Å². The Morgan fingerprint density at radius 1 is 1.65 bits per heavy atom. The summed E-state index contributed by atoms with van der Waals surface area (Å²) in [4.78, 5) is 19.8. The van der Waals surface area contributed by atoms with Crippen molar-refractivity contribution in [2.45, 2.75) is 12.3 Å². The lowest BCUT2D eigenvalue weighted by molar-refractivity contribution is -0.115. The number of carbonyl (C=O) groups excluding carboxylic acids is 1. The topological polar surface area (TPSA) is 72.7 Å². The lowest BCUT2D eigenvalue weighted by atomic mass is 10.4. The first-order valence-electron chi connectivity index (χ1n) is 4.82. The maximum Gasteiger partial charge on any atom is 0.233 e. The van der Waals surface area contributed by atoms with Gasteiger partial charge in [-0.25, -0.2) is 9.67 Å². The van der Waals surface area contributed by atoms with E-state index in [9.17, 15) is 4.79 Å². The molecule has 2 aromatic rings. The van der Waals surface area contributed by atoms with E-state index >= 15 is 0 Å². The number of rotatable bonds is 4. The number of amides is 1. The lowest BCUT2D eigenvalue weighted by Gasteiger charge is -2.01. The summed E-state index contributed by atoms with van der Waals surface area (Å²) in [7, 11) is 1.71. The zero-order chi connectivity index (χ0) is 12.3. The zero-order valence-corrected chi connectivity index (χ0v) is 10.6. The predicted octanol–water partition coefficient (Wildman–Crippen LogP) is 1.19. The Labute approximate surface area is 107 Å². The lowest BCUT2D eigenvalue weighted by Crippen LogP contribution is -2.17. The van der Waals surface area contributed by atoms with Gasteiger partial charge < -0.3 is 0 Å². The Morgan fingerprint density at radius 3 is 3.06 bits per heavy atom. The number of halogens is 1. The van der Waals surface area contributed by atoms with Gasteiger partial charge in [-0.1, -0.05) is 0 Å². The number of hydrogen-bond acceptors (Lipinski definition) is 5. The Morgan fingerprint density at radius 2 is 2.47 bits per heavy atom. The van der Waals surface area contributed by atoms with Crippen LogP contribution in [0.4, 0.5) is 5.95 Å². The van der Waals surface area contributed by atoms with E-state index in [2.05, 4.69) is 20.4 Å². The summed E-state index contributed by atoms with van der Waals surface area (Å²) in [6, 6.07) is 0. The Hall–Kier alpha value is -1.47. The van der Waals surface area contributed by atoms with Crippen LogP contribution in [0.3, 0.4) is 0 Å². The number of nitrogens with one attached hydrogen (secondary N) is 1. The summed E-state index contributed by atoms with van der Waals surface area (Å²) in [6.45, 7) is 0. The van der Waals surface area contributed by atoms with Crippen LogP contribution in [0.15, 0.2) is 11.7 Å². The smallest absolute Gasteiger partial charge is 0.233 e. The molecular weight excluding hydrogens is 262 g/mol. The summed E-state index contributed by atoms with van der Waals surface area (Å²) < 4.78 is 1.49. The third-order valence-electron chi connectivity index (χ3n) is 2.01. The second kappa shape index (κ2) is 5.24. The first-order valence-corrected chi connectivity index (χ1v) is 6.23. The SMILES string of the molecule is Cn1ncnc1NC(=O)Cc1nc(CCl)cs1. The number of aryl methyl sites for hydroxylation is 1. The van der Waals surface area contributed by atoms with Crippen LogP contribution < -0.4 is 5.32 Å². The highest BCUT2D eigenvalue weighted by Crippen LogP contribution is 2.12.